The quantitative estimate of drug-likeness (QED) is 0.812. The summed E-state index contributed by atoms with van der Waals surface area (Å²) in [6, 6.07) is 1.40. The molecule has 0 aliphatic carbocycles. The van der Waals surface area contributed by atoms with E-state index in [2.05, 4.69) is 4.98 Å². The number of likely N-dealkylation sites (tertiary alicyclic amines) is 1. The Morgan fingerprint density at radius 3 is 2.94 bits per heavy atom. The van der Waals surface area contributed by atoms with Gasteiger partial charge in [-0.15, -0.1) is 0 Å². The van der Waals surface area contributed by atoms with Gasteiger partial charge in [-0.3, -0.25) is 9.88 Å². The summed E-state index contributed by atoms with van der Waals surface area (Å²) in [6.45, 7) is 1.67. The van der Waals surface area contributed by atoms with E-state index >= 15 is 0 Å². The van der Waals surface area contributed by atoms with E-state index in [0.29, 0.717) is 19.5 Å². The van der Waals surface area contributed by atoms with Crippen molar-refractivity contribution in [3.05, 3.63) is 29.8 Å². The Morgan fingerprint density at radius 2 is 2.24 bits per heavy atom. The van der Waals surface area contributed by atoms with Gasteiger partial charge in [-0.1, -0.05) is 0 Å². The molecule has 1 atom stereocenters. The van der Waals surface area contributed by atoms with Gasteiger partial charge in [0.25, 0.3) is 0 Å². The molecule has 2 rings (SSSR count). The third kappa shape index (κ3) is 3.43. The van der Waals surface area contributed by atoms with E-state index in [1.165, 1.54) is 6.07 Å². The molecule has 2 heterocycles. The molecule has 1 aromatic rings. The number of aromatic nitrogens is 1. The van der Waals surface area contributed by atoms with Gasteiger partial charge in [-0.2, -0.15) is 0 Å². The van der Waals surface area contributed by atoms with Gasteiger partial charge in [0.15, 0.2) is 0 Å². The summed E-state index contributed by atoms with van der Waals surface area (Å²) >= 11 is 0. The van der Waals surface area contributed by atoms with Crippen LogP contribution in [0.15, 0.2) is 18.5 Å². The van der Waals surface area contributed by atoms with Gasteiger partial charge in [-0.25, -0.2) is 13.2 Å². The summed E-state index contributed by atoms with van der Waals surface area (Å²) in [5.41, 5.74) is 0.736. The number of alkyl halides is 2. The third-order valence-electron chi connectivity index (χ3n) is 3.07. The van der Waals surface area contributed by atoms with Crippen molar-refractivity contribution >= 4 is 0 Å². The van der Waals surface area contributed by atoms with Crippen LogP contribution in [-0.4, -0.2) is 29.4 Å². The van der Waals surface area contributed by atoms with Gasteiger partial charge < -0.3 is 0 Å². The molecule has 17 heavy (non-hydrogen) atoms. The molecule has 1 aromatic heterocycles. The Hall–Kier alpha value is -1.10. The Balaban J connectivity index is 1.94. The lowest BCUT2D eigenvalue weighted by Crippen LogP contribution is -2.37. The first-order chi connectivity index (χ1) is 8.15. The van der Waals surface area contributed by atoms with Crippen LogP contribution in [0.2, 0.25) is 0 Å². The average Bonchev–Trinajstić information content (AvgIpc) is 2.29. The first kappa shape index (κ1) is 12.4. The van der Waals surface area contributed by atoms with E-state index in [1.54, 1.807) is 6.20 Å². The first-order valence-electron chi connectivity index (χ1n) is 5.75. The minimum Gasteiger partial charge on any atom is -0.299 e. The standard InChI is InChI=1S/C12H15F3N2/c13-11-4-9(5-16-6-11)7-17-3-1-2-10(8-17)12(14)15/h4-6,10,12H,1-3,7-8H2. The molecule has 1 unspecified atom stereocenters. The second kappa shape index (κ2) is 5.49. The fourth-order valence-corrected chi connectivity index (χ4v) is 2.24. The van der Waals surface area contributed by atoms with Crippen molar-refractivity contribution < 1.29 is 13.2 Å². The zero-order valence-corrected chi connectivity index (χ0v) is 9.45. The van der Waals surface area contributed by atoms with Gasteiger partial charge >= 0.3 is 0 Å². The molecule has 1 saturated heterocycles. The van der Waals surface area contributed by atoms with Crippen LogP contribution >= 0.6 is 0 Å². The highest BCUT2D eigenvalue weighted by Crippen LogP contribution is 2.23. The lowest BCUT2D eigenvalue weighted by atomic mass is 9.98. The highest BCUT2D eigenvalue weighted by atomic mass is 19.3. The predicted molar refractivity (Wildman–Crippen MR) is 58.2 cm³/mol. The Kier molecular flexibility index (Phi) is 3.99. The van der Waals surface area contributed by atoms with Crippen molar-refractivity contribution in [2.75, 3.05) is 13.1 Å². The predicted octanol–water partition coefficient (Wildman–Crippen LogP) is 2.70. The van der Waals surface area contributed by atoms with Crippen LogP contribution in [0.4, 0.5) is 13.2 Å². The minimum absolute atomic E-state index is 0.383. The molecule has 1 aliphatic rings. The fraction of sp³-hybridized carbons (Fsp3) is 0.583. The number of pyridine rings is 1. The topological polar surface area (TPSA) is 16.1 Å². The molecule has 0 aromatic carbocycles. The van der Waals surface area contributed by atoms with Crippen molar-refractivity contribution in [1.29, 1.82) is 0 Å². The summed E-state index contributed by atoms with van der Waals surface area (Å²) in [5, 5.41) is 0. The van der Waals surface area contributed by atoms with Gasteiger partial charge in [-0.05, 0) is 31.0 Å². The minimum atomic E-state index is -2.26. The first-order valence-corrected chi connectivity index (χ1v) is 5.75. The van der Waals surface area contributed by atoms with Crippen molar-refractivity contribution in [2.24, 2.45) is 5.92 Å². The van der Waals surface area contributed by atoms with Crippen molar-refractivity contribution in [1.82, 2.24) is 9.88 Å². The lowest BCUT2D eigenvalue weighted by molar-refractivity contribution is 0.0253. The smallest absolute Gasteiger partial charge is 0.242 e. The molecule has 5 heteroatoms. The van der Waals surface area contributed by atoms with Gasteiger partial charge in [0.05, 0.1) is 6.20 Å². The molecule has 94 valence electrons. The highest BCUT2D eigenvalue weighted by molar-refractivity contribution is 5.10. The molecule has 0 spiro atoms. The maximum absolute atomic E-state index is 12.9. The molecule has 0 amide bonds. The fourth-order valence-electron chi connectivity index (χ4n) is 2.24. The van der Waals surface area contributed by atoms with Crippen molar-refractivity contribution in [3.8, 4) is 0 Å². The number of halogens is 3. The molecular formula is C12H15F3N2. The molecule has 0 saturated carbocycles. The maximum atomic E-state index is 12.9. The van der Waals surface area contributed by atoms with Crippen LogP contribution in [0.5, 0.6) is 0 Å². The monoisotopic (exact) mass is 244 g/mol. The van der Waals surface area contributed by atoms with E-state index in [9.17, 15) is 13.2 Å². The molecule has 0 N–H and O–H groups in total. The van der Waals surface area contributed by atoms with Crippen LogP contribution in [-0.2, 0) is 6.54 Å². The van der Waals surface area contributed by atoms with Gasteiger partial charge in [0.2, 0.25) is 6.43 Å². The third-order valence-corrected chi connectivity index (χ3v) is 3.07. The summed E-state index contributed by atoms with van der Waals surface area (Å²) < 4.78 is 38.1. The van der Waals surface area contributed by atoms with Crippen LogP contribution in [0.3, 0.4) is 0 Å². The molecule has 1 fully saturated rings. The Bertz CT molecular complexity index is 371. The Labute approximate surface area is 98.5 Å². The zero-order valence-electron chi connectivity index (χ0n) is 9.45. The van der Waals surface area contributed by atoms with E-state index in [-0.39, 0.29) is 5.82 Å². The van der Waals surface area contributed by atoms with E-state index in [0.717, 1.165) is 24.7 Å². The van der Waals surface area contributed by atoms with E-state index in [1.807, 2.05) is 4.90 Å². The van der Waals surface area contributed by atoms with Crippen molar-refractivity contribution in [3.63, 3.8) is 0 Å². The number of hydrogen-bond donors (Lipinski definition) is 0. The van der Waals surface area contributed by atoms with E-state index < -0.39 is 12.3 Å². The summed E-state index contributed by atoms with van der Waals surface area (Å²) in [4.78, 5) is 5.70. The van der Waals surface area contributed by atoms with E-state index in [4.69, 9.17) is 0 Å². The summed E-state index contributed by atoms with van der Waals surface area (Å²) in [7, 11) is 0. The number of piperidine rings is 1. The second-order valence-electron chi connectivity index (χ2n) is 4.48. The molecule has 1 aliphatic heterocycles. The molecular weight excluding hydrogens is 229 g/mol. The molecule has 0 bridgehead atoms. The maximum Gasteiger partial charge on any atom is 0.242 e. The molecule has 2 nitrogen and oxygen atoms in total. The number of rotatable bonds is 3. The second-order valence-corrected chi connectivity index (χ2v) is 4.48. The van der Waals surface area contributed by atoms with Crippen LogP contribution in [0.1, 0.15) is 18.4 Å². The van der Waals surface area contributed by atoms with Crippen molar-refractivity contribution in [2.45, 2.75) is 25.8 Å². The highest BCUT2D eigenvalue weighted by Gasteiger charge is 2.26. The summed E-state index contributed by atoms with van der Waals surface area (Å²) in [6.07, 6.45) is 1.81. The largest absolute Gasteiger partial charge is 0.299 e. The van der Waals surface area contributed by atoms with Crippen LogP contribution in [0.25, 0.3) is 0 Å². The molecule has 0 radical (unpaired) electrons. The van der Waals surface area contributed by atoms with Gasteiger partial charge in [0, 0.05) is 25.2 Å². The average molecular weight is 244 g/mol. The van der Waals surface area contributed by atoms with Crippen LogP contribution in [0, 0.1) is 11.7 Å². The SMILES string of the molecule is Fc1cncc(CN2CCCC(C(F)F)C2)c1. The Morgan fingerprint density at radius 1 is 1.41 bits per heavy atom. The van der Waals surface area contributed by atoms with Crippen LogP contribution < -0.4 is 0 Å². The number of hydrogen-bond acceptors (Lipinski definition) is 2. The van der Waals surface area contributed by atoms with Gasteiger partial charge in [0.1, 0.15) is 5.82 Å². The number of nitrogens with zero attached hydrogens (tertiary/aromatic N) is 2. The normalized spacial score (nSPS) is 22.0. The summed E-state index contributed by atoms with van der Waals surface area (Å²) in [5.74, 6) is -0.935. The lowest BCUT2D eigenvalue weighted by Gasteiger charge is -2.32. The zero-order chi connectivity index (χ0) is 12.3.